The largest absolute Gasteiger partial charge is 0.306 e. The van der Waals surface area contributed by atoms with E-state index in [9.17, 15) is 4.39 Å². The molecule has 1 saturated heterocycles. The molecule has 1 fully saturated rings. The average Bonchev–Trinajstić information content (AvgIpc) is 2.28. The highest BCUT2D eigenvalue weighted by Crippen LogP contribution is 2.19. The maximum atomic E-state index is 13.3. The monoisotopic (exact) mass is 314 g/mol. The molecule has 0 N–H and O–H groups in total. The zero-order valence-corrected chi connectivity index (χ0v) is 12.6. The van der Waals surface area contributed by atoms with E-state index in [2.05, 4.69) is 39.8 Å². The summed E-state index contributed by atoms with van der Waals surface area (Å²) in [4.78, 5) is 4.71. The predicted molar refractivity (Wildman–Crippen MR) is 76.1 cm³/mol. The molecule has 1 aliphatic heterocycles. The van der Waals surface area contributed by atoms with Gasteiger partial charge in [-0.05, 0) is 63.8 Å². The Morgan fingerprint density at radius 1 is 1.28 bits per heavy atom. The summed E-state index contributed by atoms with van der Waals surface area (Å²) in [5.74, 6) is -0.164. The highest BCUT2D eigenvalue weighted by atomic mass is 79.9. The lowest BCUT2D eigenvalue weighted by molar-refractivity contribution is 0.140. The molecule has 18 heavy (non-hydrogen) atoms. The molecule has 0 bridgehead atoms. The first-order valence-electron chi connectivity index (χ1n) is 6.38. The van der Waals surface area contributed by atoms with Crippen molar-refractivity contribution < 1.29 is 4.39 Å². The van der Waals surface area contributed by atoms with Crippen LogP contribution in [0.1, 0.15) is 18.4 Å². The highest BCUT2D eigenvalue weighted by Gasteiger charge is 2.20. The molecule has 0 amide bonds. The van der Waals surface area contributed by atoms with Crippen LogP contribution in [0.4, 0.5) is 4.39 Å². The fraction of sp³-hybridized carbons (Fsp3) is 0.571. The number of benzene rings is 1. The van der Waals surface area contributed by atoms with Gasteiger partial charge in [0, 0.05) is 17.1 Å². The van der Waals surface area contributed by atoms with E-state index in [0.717, 1.165) is 29.7 Å². The zero-order valence-electron chi connectivity index (χ0n) is 11.0. The van der Waals surface area contributed by atoms with Crippen LogP contribution < -0.4 is 0 Å². The molecule has 1 aromatic carbocycles. The van der Waals surface area contributed by atoms with Gasteiger partial charge < -0.3 is 4.90 Å². The molecule has 1 heterocycles. The first-order valence-corrected chi connectivity index (χ1v) is 7.17. The summed E-state index contributed by atoms with van der Waals surface area (Å²) in [7, 11) is 4.29. The number of halogens is 2. The lowest BCUT2D eigenvalue weighted by Crippen LogP contribution is -2.41. The van der Waals surface area contributed by atoms with Gasteiger partial charge in [-0.2, -0.15) is 0 Å². The van der Waals surface area contributed by atoms with E-state index in [1.54, 1.807) is 6.07 Å². The second-order valence-electron chi connectivity index (χ2n) is 5.25. The smallest absolute Gasteiger partial charge is 0.124 e. The third-order valence-electron chi connectivity index (χ3n) is 3.62. The molecule has 2 nitrogen and oxygen atoms in total. The van der Waals surface area contributed by atoms with E-state index < -0.39 is 0 Å². The molecule has 2 rings (SSSR count). The Bertz CT molecular complexity index is 381. The number of hydrogen-bond acceptors (Lipinski definition) is 2. The lowest BCUT2D eigenvalue weighted by atomic mass is 10.0. The number of piperidine rings is 1. The summed E-state index contributed by atoms with van der Waals surface area (Å²) in [5.41, 5.74) is 1.05. The molecule has 0 saturated carbocycles. The molecule has 1 aromatic rings. The fourth-order valence-electron chi connectivity index (χ4n) is 2.55. The predicted octanol–water partition coefficient (Wildman–Crippen LogP) is 3.11. The molecular formula is C14H20BrFN2. The number of hydrogen-bond donors (Lipinski definition) is 0. The Hall–Kier alpha value is -0.450. The third-order valence-corrected chi connectivity index (χ3v) is 4.07. The second kappa shape index (κ2) is 6.13. The summed E-state index contributed by atoms with van der Waals surface area (Å²) < 4.78 is 14.1. The van der Waals surface area contributed by atoms with Crippen LogP contribution in [0.2, 0.25) is 0 Å². The minimum atomic E-state index is -0.164. The van der Waals surface area contributed by atoms with Gasteiger partial charge in [0.15, 0.2) is 0 Å². The standard InChI is InChI=1S/C14H20BrFN2/c1-17(2)14-3-5-18(6-4-14)10-11-7-12(15)9-13(16)8-11/h7-9,14H,3-6,10H2,1-2H3. The number of nitrogens with zero attached hydrogens (tertiary/aromatic N) is 2. The van der Waals surface area contributed by atoms with Crippen molar-refractivity contribution in [2.24, 2.45) is 0 Å². The molecule has 0 atom stereocenters. The van der Waals surface area contributed by atoms with Crippen molar-refractivity contribution in [2.75, 3.05) is 27.2 Å². The molecule has 0 unspecified atom stereocenters. The summed E-state index contributed by atoms with van der Waals surface area (Å²) in [5, 5.41) is 0. The molecule has 1 aliphatic rings. The first-order chi connectivity index (χ1) is 8.54. The van der Waals surface area contributed by atoms with Crippen molar-refractivity contribution in [2.45, 2.75) is 25.4 Å². The van der Waals surface area contributed by atoms with Crippen molar-refractivity contribution in [3.05, 3.63) is 34.1 Å². The quantitative estimate of drug-likeness (QED) is 0.846. The second-order valence-corrected chi connectivity index (χ2v) is 6.16. The summed E-state index contributed by atoms with van der Waals surface area (Å²) in [6.07, 6.45) is 2.40. The van der Waals surface area contributed by atoms with Gasteiger partial charge in [0.1, 0.15) is 5.82 Å². The van der Waals surface area contributed by atoms with Crippen molar-refractivity contribution in [1.82, 2.24) is 9.80 Å². The molecule has 4 heteroatoms. The van der Waals surface area contributed by atoms with Crippen molar-refractivity contribution in [3.63, 3.8) is 0 Å². The zero-order chi connectivity index (χ0) is 13.1. The van der Waals surface area contributed by atoms with Gasteiger partial charge in [0.2, 0.25) is 0 Å². The average molecular weight is 315 g/mol. The van der Waals surface area contributed by atoms with Crippen molar-refractivity contribution >= 4 is 15.9 Å². The Kier molecular flexibility index (Phi) is 4.76. The minimum absolute atomic E-state index is 0.164. The first kappa shape index (κ1) is 14.0. The fourth-order valence-corrected chi connectivity index (χ4v) is 3.07. The molecule has 100 valence electrons. The normalized spacial score (nSPS) is 18.5. The van der Waals surface area contributed by atoms with E-state index in [1.807, 2.05) is 6.07 Å². The third kappa shape index (κ3) is 3.77. The molecular weight excluding hydrogens is 295 g/mol. The van der Waals surface area contributed by atoms with Gasteiger partial charge in [-0.1, -0.05) is 15.9 Å². The maximum Gasteiger partial charge on any atom is 0.124 e. The Labute approximate surface area is 117 Å². The van der Waals surface area contributed by atoms with E-state index in [1.165, 1.54) is 18.9 Å². The summed E-state index contributed by atoms with van der Waals surface area (Å²) in [6, 6.07) is 5.83. The van der Waals surface area contributed by atoms with Crippen LogP contribution in [-0.4, -0.2) is 43.0 Å². The minimum Gasteiger partial charge on any atom is -0.306 e. The van der Waals surface area contributed by atoms with Crippen LogP contribution in [0.3, 0.4) is 0 Å². The van der Waals surface area contributed by atoms with E-state index in [-0.39, 0.29) is 5.82 Å². The Morgan fingerprint density at radius 2 is 1.94 bits per heavy atom. The topological polar surface area (TPSA) is 6.48 Å². The highest BCUT2D eigenvalue weighted by molar-refractivity contribution is 9.10. The van der Waals surface area contributed by atoms with Gasteiger partial charge in [-0.25, -0.2) is 4.39 Å². The van der Waals surface area contributed by atoms with E-state index in [0.29, 0.717) is 6.04 Å². The van der Waals surface area contributed by atoms with Gasteiger partial charge in [0.05, 0.1) is 0 Å². The maximum absolute atomic E-state index is 13.3. The number of likely N-dealkylation sites (tertiary alicyclic amines) is 1. The molecule has 0 radical (unpaired) electrons. The van der Waals surface area contributed by atoms with Gasteiger partial charge in [0.25, 0.3) is 0 Å². The van der Waals surface area contributed by atoms with E-state index in [4.69, 9.17) is 0 Å². The summed E-state index contributed by atoms with van der Waals surface area (Å²) >= 11 is 3.34. The lowest BCUT2D eigenvalue weighted by Gasteiger charge is -2.35. The van der Waals surface area contributed by atoms with Crippen LogP contribution in [0, 0.1) is 5.82 Å². The SMILES string of the molecule is CN(C)C1CCN(Cc2cc(F)cc(Br)c2)CC1. The van der Waals surface area contributed by atoms with E-state index >= 15 is 0 Å². The number of rotatable bonds is 3. The molecule has 0 spiro atoms. The van der Waals surface area contributed by atoms with Crippen LogP contribution >= 0.6 is 15.9 Å². The molecule has 0 aliphatic carbocycles. The van der Waals surface area contributed by atoms with Crippen LogP contribution in [0.15, 0.2) is 22.7 Å². The van der Waals surface area contributed by atoms with Crippen LogP contribution in [0.5, 0.6) is 0 Å². The van der Waals surface area contributed by atoms with Crippen LogP contribution in [0.25, 0.3) is 0 Å². The van der Waals surface area contributed by atoms with Gasteiger partial charge in [-0.15, -0.1) is 0 Å². The Morgan fingerprint density at radius 3 is 2.50 bits per heavy atom. The van der Waals surface area contributed by atoms with Crippen LogP contribution in [-0.2, 0) is 6.54 Å². The Balaban J connectivity index is 1.91. The van der Waals surface area contributed by atoms with Crippen molar-refractivity contribution in [1.29, 1.82) is 0 Å². The van der Waals surface area contributed by atoms with Gasteiger partial charge >= 0.3 is 0 Å². The van der Waals surface area contributed by atoms with Crippen molar-refractivity contribution in [3.8, 4) is 0 Å². The van der Waals surface area contributed by atoms with Gasteiger partial charge in [-0.3, -0.25) is 4.90 Å². The summed E-state index contributed by atoms with van der Waals surface area (Å²) in [6.45, 7) is 3.03. The molecule has 0 aromatic heterocycles.